The van der Waals surface area contributed by atoms with Crippen LogP contribution in [0.2, 0.25) is 0 Å². The number of imidazole rings is 1. The molecule has 4 N–H and O–H groups in total. The van der Waals surface area contributed by atoms with Gasteiger partial charge in [0, 0.05) is 12.6 Å². The van der Waals surface area contributed by atoms with Gasteiger partial charge in [-0.1, -0.05) is 12.2 Å². The molecule has 2 aromatic heterocycles. The molecule has 4 rings (SSSR count). The smallest absolute Gasteiger partial charge is 0.224 e. The first-order chi connectivity index (χ1) is 10.7. The van der Waals surface area contributed by atoms with E-state index in [0.29, 0.717) is 6.04 Å². The Bertz CT molecular complexity index is 720. The van der Waals surface area contributed by atoms with Gasteiger partial charge in [0.15, 0.2) is 17.0 Å². The molecule has 1 fully saturated rings. The number of nitrogens with zero attached hydrogens (tertiary/aromatic N) is 4. The standard InChI is InChI=1S/C15H20N6O/c16-15-19-13(18-10-4-5-10)12-14(20-15)21(8-17-12)11-3-1-2-9(6-11)7-22/h1,3,8-11,22H,2,4-7H2,(H3,16,18,19,20). The molecule has 0 saturated heterocycles. The van der Waals surface area contributed by atoms with Crippen molar-refractivity contribution in [2.24, 2.45) is 5.92 Å². The van der Waals surface area contributed by atoms with Gasteiger partial charge >= 0.3 is 0 Å². The van der Waals surface area contributed by atoms with E-state index in [0.717, 1.165) is 42.7 Å². The van der Waals surface area contributed by atoms with Crippen molar-refractivity contribution in [3.05, 3.63) is 18.5 Å². The third-order valence-electron chi connectivity index (χ3n) is 4.37. The molecule has 2 aromatic rings. The second-order valence-electron chi connectivity index (χ2n) is 6.19. The summed E-state index contributed by atoms with van der Waals surface area (Å²) in [5.41, 5.74) is 7.39. The number of aliphatic hydroxyl groups excluding tert-OH is 1. The lowest BCUT2D eigenvalue weighted by Gasteiger charge is -2.24. The zero-order chi connectivity index (χ0) is 15.1. The molecule has 2 aliphatic rings. The number of allylic oxidation sites excluding steroid dienone is 2. The van der Waals surface area contributed by atoms with E-state index >= 15 is 0 Å². The normalized spacial score (nSPS) is 24.8. The first kappa shape index (κ1) is 13.5. The van der Waals surface area contributed by atoms with Crippen molar-refractivity contribution in [2.45, 2.75) is 37.8 Å². The van der Waals surface area contributed by atoms with Gasteiger partial charge in [-0.3, -0.25) is 0 Å². The van der Waals surface area contributed by atoms with Gasteiger partial charge in [0.2, 0.25) is 5.95 Å². The number of hydrogen-bond donors (Lipinski definition) is 3. The summed E-state index contributed by atoms with van der Waals surface area (Å²) in [4.78, 5) is 13.2. The van der Waals surface area contributed by atoms with Crippen LogP contribution in [0.25, 0.3) is 11.2 Å². The molecule has 1 saturated carbocycles. The van der Waals surface area contributed by atoms with Gasteiger partial charge in [0.25, 0.3) is 0 Å². The van der Waals surface area contributed by atoms with Crippen molar-refractivity contribution in [2.75, 3.05) is 17.7 Å². The molecule has 2 aliphatic carbocycles. The van der Waals surface area contributed by atoms with Crippen LogP contribution >= 0.6 is 0 Å². The molecule has 2 unspecified atom stereocenters. The lowest BCUT2D eigenvalue weighted by atomic mass is 9.91. The zero-order valence-corrected chi connectivity index (χ0v) is 12.3. The van der Waals surface area contributed by atoms with Crippen LogP contribution in [0.15, 0.2) is 18.5 Å². The summed E-state index contributed by atoms with van der Waals surface area (Å²) in [7, 11) is 0. The summed E-state index contributed by atoms with van der Waals surface area (Å²) in [6.07, 6.45) is 10.2. The van der Waals surface area contributed by atoms with E-state index in [1.54, 1.807) is 6.33 Å². The Morgan fingerprint density at radius 1 is 1.36 bits per heavy atom. The first-order valence-electron chi connectivity index (χ1n) is 7.78. The van der Waals surface area contributed by atoms with Crippen LogP contribution in [0, 0.1) is 5.92 Å². The van der Waals surface area contributed by atoms with E-state index in [2.05, 4.69) is 32.4 Å². The topological polar surface area (TPSA) is 102 Å². The van der Waals surface area contributed by atoms with E-state index in [1.807, 2.05) is 4.57 Å². The summed E-state index contributed by atoms with van der Waals surface area (Å²) < 4.78 is 2.03. The van der Waals surface area contributed by atoms with Gasteiger partial charge in [0.1, 0.15) is 0 Å². The number of nitrogens with one attached hydrogen (secondary N) is 1. The number of fused-ring (bicyclic) bond motifs is 1. The van der Waals surface area contributed by atoms with Gasteiger partial charge in [-0.15, -0.1) is 0 Å². The molecule has 2 heterocycles. The Balaban J connectivity index is 1.74. The Morgan fingerprint density at radius 3 is 3.00 bits per heavy atom. The molecule has 0 aliphatic heterocycles. The van der Waals surface area contributed by atoms with Crippen molar-refractivity contribution in [1.82, 2.24) is 19.5 Å². The van der Waals surface area contributed by atoms with Crippen molar-refractivity contribution in [3.8, 4) is 0 Å². The first-order valence-corrected chi connectivity index (χ1v) is 7.78. The number of anilines is 2. The van der Waals surface area contributed by atoms with E-state index in [9.17, 15) is 5.11 Å². The molecule has 0 bridgehead atoms. The number of aromatic nitrogens is 4. The van der Waals surface area contributed by atoms with Crippen molar-refractivity contribution >= 4 is 22.9 Å². The Kier molecular flexibility index (Phi) is 3.22. The minimum atomic E-state index is 0.152. The highest BCUT2D eigenvalue weighted by Crippen LogP contribution is 2.32. The lowest BCUT2D eigenvalue weighted by Crippen LogP contribution is -2.18. The minimum absolute atomic E-state index is 0.152. The molecule has 22 heavy (non-hydrogen) atoms. The summed E-state index contributed by atoms with van der Waals surface area (Å²) in [6, 6.07) is 0.634. The SMILES string of the molecule is Nc1nc(NC2CC2)c2ncn(C3C=CCC(CO)C3)c2n1. The fourth-order valence-electron chi connectivity index (χ4n) is 3.00. The summed E-state index contributed by atoms with van der Waals surface area (Å²) in [6.45, 7) is 0.207. The average molecular weight is 300 g/mol. The predicted octanol–water partition coefficient (Wildman–Crippen LogP) is 1.48. The van der Waals surface area contributed by atoms with E-state index in [-0.39, 0.29) is 24.5 Å². The molecule has 7 heteroatoms. The van der Waals surface area contributed by atoms with Crippen LogP contribution in [0.5, 0.6) is 0 Å². The molecule has 2 atom stereocenters. The molecule has 7 nitrogen and oxygen atoms in total. The maximum Gasteiger partial charge on any atom is 0.224 e. The fraction of sp³-hybridized carbons (Fsp3) is 0.533. The van der Waals surface area contributed by atoms with E-state index in [4.69, 9.17) is 5.73 Å². The van der Waals surface area contributed by atoms with Gasteiger partial charge in [0.05, 0.1) is 12.4 Å². The summed E-state index contributed by atoms with van der Waals surface area (Å²) >= 11 is 0. The second kappa shape index (κ2) is 5.24. The highest BCUT2D eigenvalue weighted by molar-refractivity contribution is 5.84. The Hall–Kier alpha value is -2.15. The number of nitrogens with two attached hydrogens (primary N) is 1. The number of nitrogen functional groups attached to an aromatic ring is 1. The maximum atomic E-state index is 9.40. The summed E-state index contributed by atoms with van der Waals surface area (Å²) in [5.74, 6) is 1.27. The molecule has 0 radical (unpaired) electrons. The van der Waals surface area contributed by atoms with Crippen LogP contribution in [0.3, 0.4) is 0 Å². The van der Waals surface area contributed by atoms with Gasteiger partial charge in [-0.25, -0.2) is 4.98 Å². The molecule has 0 spiro atoms. The third kappa shape index (κ3) is 2.41. The highest BCUT2D eigenvalue weighted by Gasteiger charge is 2.25. The highest BCUT2D eigenvalue weighted by atomic mass is 16.3. The number of hydrogen-bond acceptors (Lipinski definition) is 6. The van der Waals surface area contributed by atoms with E-state index in [1.165, 1.54) is 0 Å². The molecular formula is C15H20N6O. The monoisotopic (exact) mass is 300 g/mol. The predicted molar refractivity (Wildman–Crippen MR) is 84.4 cm³/mol. The number of rotatable bonds is 4. The quantitative estimate of drug-likeness (QED) is 0.739. The van der Waals surface area contributed by atoms with Crippen LogP contribution in [-0.4, -0.2) is 37.3 Å². The van der Waals surface area contributed by atoms with Crippen molar-refractivity contribution < 1.29 is 5.11 Å². The molecular weight excluding hydrogens is 280 g/mol. The second-order valence-corrected chi connectivity index (χ2v) is 6.19. The van der Waals surface area contributed by atoms with Crippen LogP contribution < -0.4 is 11.1 Å². The van der Waals surface area contributed by atoms with Gasteiger partial charge in [-0.2, -0.15) is 9.97 Å². The van der Waals surface area contributed by atoms with Gasteiger partial charge < -0.3 is 20.7 Å². The minimum Gasteiger partial charge on any atom is -0.396 e. The maximum absolute atomic E-state index is 9.40. The van der Waals surface area contributed by atoms with E-state index < -0.39 is 0 Å². The van der Waals surface area contributed by atoms with Crippen LogP contribution in [0.4, 0.5) is 11.8 Å². The number of aliphatic hydroxyl groups is 1. The largest absolute Gasteiger partial charge is 0.396 e. The molecule has 116 valence electrons. The third-order valence-corrected chi connectivity index (χ3v) is 4.37. The molecule has 0 amide bonds. The Morgan fingerprint density at radius 2 is 2.23 bits per heavy atom. The summed E-state index contributed by atoms with van der Waals surface area (Å²) in [5, 5.41) is 12.8. The van der Waals surface area contributed by atoms with Crippen molar-refractivity contribution in [1.29, 1.82) is 0 Å². The molecule has 0 aromatic carbocycles. The van der Waals surface area contributed by atoms with Crippen LogP contribution in [-0.2, 0) is 0 Å². The van der Waals surface area contributed by atoms with Gasteiger partial charge in [-0.05, 0) is 31.6 Å². The van der Waals surface area contributed by atoms with Crippen molar-refractivity contribution in [3.63, 3.8) is 0 Å². The average Bonchev–Trinajstić information content (AvgIpc) is 3.24. The Labute approximate surface area is 128 Å². The lowest BCUT2D eigenvalue weighted by molar-refractivity contribution is 0.204. The van der Waals surface area contributed by atoms with Crippen LogP contribution in [0.1, 0.15) is 31.7 Å². The fourth-order valence-corrected chi connectivity index (χ4v) is 3.00. The zero-order valence-electron chi connectivity index (χ0n) is 12.3.